The highest BCUT2D eigenvalue weighted by atomic mass is 19.1. The molecule has 0 spiro atoms. The van der Waals surface area contributed by atoms with Crippen molar-refractivity contribution < 1.29 is 18.7 Å². The van der Waals surface area contributed by atoms with Crippen LogP contribution in [-0.2, 0) is 4.74 Å². The third-order valence-electron chi connectivity index (χ3n) is 2.16. The Hall–Kier alpha value is -1.65. The van der Waals surface area contributed by atoms with E-state index in [-0.39, 0.29) is 24.0 Å². The van der Waals surface area contributed by atoms with Gasteiger partial charge in [-0.3, -0.25) is 0 Å². The molecule has 0 N–H and O–H groups in total. The van der Waals surface area contributed by atoms with Gasteiger partial charge in [0.25, 0.3) is 0 Å². The van der Waals surface area contributed by atoms with Crippen LogP contribution in [0.1, 0.15) is 30.1 Å². The fourth-order valence-electron chi connectivity index (χ4n) is 1.27. The van der Waals surface area contributed by atoms with Gasteiger partial charge in [-0.25, -0.2) is 9.78 Å². The molecular formula is C11H12FNO3. The Kier molecular flexibility index (Phi) is 3.03. The highest BCUT2D eigenvalue weighted by Crippen LogP contribution is 2.29. The Labute approximate surface area is 92.4 Å². The van der Waals surface area contributed by atoms with Crippen molar-refractivity contribution in [1.82, 2.24) is 4.98 Å². The van der Waals surface area contributed by atoms with E-state index in [0.717, 1.165) is 12.8 Å². The number of ether oxygens (including phenoxy) is 2. The molecule has 86 valence electrons. The second-order valence-corrected chi connectivity index (χ2v) is 3.51. The number of aromatic nitrogens is 1. The second kappa shape index (κ2) is 4.47. The normalized spacial score (nSPS) is 14.6. The maximum atomic E-state index is 13.4. The summed E-state index contributed by atoms with van der Waals surface area (Å²) < 4.78 is 23.6. The van der Waals surface area contributed by atoms with Crippen molar-refractivity contribution in [3.63, 3.8) is 0 Å². The number of rotatable bonds is 4. The van der Waals surface area contributed by atoms with Crippen molar-refractivity contribution in [2.75, 3.05) is 6.61 Å². The van der Waals surface area contributed by atoms with E-state index in [4.69, 9.17) is 9.47 Å². The molecule has 1 heterocycles. The van der Waals surface area contributed by atoms with Crippen molar-refractivity contribution in [1.29, 1.82) is 0 Å². The highest BCUT2D eigenvalue weighted by Gasteiger charge is 2.28. The summed E-state index contributed by atoms with van der Waals surface area (Å²) in [7, 11) is 0. The van der Waals surface area contributed by atoms with E-state index < -0.39 is 11.9 Å². The van der Waals surface area contributed by atoms with Crippen LogP contribution in [0.5, 0.6) is 5.75 Å². The van der Waals surface area contributed by atoms with Crippen LogP contribution in [0, 0.1) is 5.95 Å². The first-order valence-electron chi connectivity index (χ1n) is 5.20. The first-order valence-corrected chi connectivity index (χ1v) is 5.20. The first kappa shape index (κ1) is 10.9. The summed E-state index contributed by atoms with van der Waals surface area (Å²) in [5, 5.41) is 0. The van der Waals surface area contributed by atoms with Gasteiger partial charge in [0.05, 0.1) is 12.7 Å². The molecule has 5 heteroatoms. The Morgan fingerprint density at radius 3 is 3.00 bits per heavy atom. The molecule has 1 aromatic heterocycles. The maximum Gasteiger partial charge on any atom is 0.346 e. The van der Waals surface area contributed by atoms with Gasteiger partial charge in [0, 0.05) is 6.20 Å². The monoisotopic (exact) mass is 225 g/mol. The van der Waals surface area contributed by atoms with Crippen LogP contribution >= 0.6 is 0 Å². The van der Waals surface area contributed by atoms with Gasteiger partial charge in [0.15, 0.2) is 5.56 Å². The molecule has 0 bridgehead atoms. The summed E-state index contributed by atoms with van der Waals surface area (Å²) in [4.78, 5) is 14.9. The van der Waals surface area contributed by atoms with Crippen molar-refractivity contribution in [3.05, 3.63) is 23.8 Å². The zero-order valence-electron chi connectivity index (χ0n) is 8.90. The van der Waals surface area contributed by atoms with Crippen LogP contribution in [-0.4, -0.2) is 23.7 Å². The van der Waals surface area contributed by atoms with Crippen LogP contribution in [0.2, 0.25) is 0 Å². The van der Waals surface area contributed by atoms with Gasteiger partial charge >= 0.3 is 5.97 Å². The third-order valence-corrected chi connectivity index (χ3v) is 2.16. The number of esters is 1. The average molecular weight is 225 g/mol. The van der Waals surface area contributed by atoms with Gasteiger partial charge in [-0.2, -0.15) is 4.39 Å². The summed E-state index contributed by atoms with van der Waals surface area (Å²) in [5.74, 6) is -1.37. The molecule has 0 saturated heterocycles. The molecule has 0 amide bonds. The smallest absolute Gasteiger partial charge is 0.346 e. The lowest BCUT2D eigenvalue weighted by Gasteiger charge is -2.09. The minimum Gasteiger partial charge on any atom is -0.489 e. The first-order chi connectivity index (χ1) is 7.72. The van der Waals surface area contributed by atoms with E-state index in [9.17, 15) is 9.18 Å². The van der Waals surface area contributed by atoms with Crippen LogP contribution < -0.4 is 4.74 Å². The molecular weight excluding hydrogens is 213 g/mol. The Bertz CT molecular complexity index is 404. The van der Waals surface area contributed by atoms with Crippen LogP contribution in [0.3, 0.4) is 0 Å². The van der Waals surface area contributed by atoms with Crippen LogP contribution in [0.4, 0.5) is 4.39 Å². The van der Waals surface area contributed by atoms with E-state index >= 15 is 0 Å². The third kappa shape index (κ3) is 2.29. The summed E-state index contributed by atoms with van der Waals surface area (Å²) >= 11 is 0. The number of nitrogens with zero attached hydrogens (tertiary/aromatic N) is 1. The summed E-state index contributed by atoms with van der Waals surface area (Å²) in [5.41, 5.74) is -0.212. The molecule has 0 atom stereocenters. The molecule has 4 nitrogen and oxygen atoms in total. The average Bonchev–Trinajstić information content (AvgIpc) is 3.02. The lowest BCUT2D eigenvalue weighted by Crippen LogP contribution is -2.12. The van der Waals surface area contributed by atoms with E-state index in [2.05, 4.69) is 4.98 Å². The van der Waals surface area contributed by atoms with E-state index in [1.807, 2.05) is 0 Å². The molecule has 1 fully saturated rings. The van der Waals surface area contributed by atoms with Gasteiger partial charge in [-0.15, -0.1) is 0 Å². The molecule has 0 unspecified atom stereocenters. The fraction of sp³-hybridized carbons (Fsp3) is 0.455. The fourth-order valence-corrected chi connectivity index (χ4v) is 1.27. The number of hydrogen-bond donors (Lipinski definition) is 0. The molecule has 0 radical (unpaired) electrons. The summed E-state index contributed by atoms with van der Waals surface area (Å²) in [6, 6.07) is 1.48. The van der Waals surface area contributed by atoms with Gasteiger partial charge in [0.1, 0.15) is 5.75 Å². The van der Waals surface area contributed by atoms with Gasteiger partial charge < -0.3 is 9.47 Å². The molecule has 2 rings (SSSR count). The summed E-state index contributed by atoms with van der Waals surface area (Å²) in [6.07, 6.45) is 3.24. The minimum atomic E-state index is -0.850. The Balaban J connectivity index is 2.27. The zero-order valence-corrected chi connectivity index (χ0v) is 8.90. The number of carbonyl (C=O) groups excluding carboxylic acids is 1. The van der Waals surface area contributed by atoms with Crippen molar-refractivity contribution in [2.24, 2.45) is 0 Å². The van der Waals surface area contributed by atoms with Crippen LogP contribution in [0.25, 0.3) is 0 Å². The largest absolute Gasteiger partial charge is 0.489 e. The quantitative estimate of drug-likeness (QED) is 0.580. The van der Waals surface area contributed by atoms with Crippen molar-refractivity contribution >= 4 is 5.97 Å². The number of carbonyl (C=O) groups is 1. The molecule has 16 heavy (non-hydrogen) atoms. The predicted octanol–water partition coefficient (Wildman–Crippen LogP) is 1.94. The Morgan fingerprint density at radius 1 is 1.62 bits per heavy atom. The van der Waals surface area contributed by atoms with Crippen LogP contribution in [0.15, 0.2) is 12.3 Å². The molecule has 0 aromatic carbocycles. The number of halogens is 1. The summed E-state index contributed by atoms with van der Waals surface area (Å²) in [6.45, 7) is 1.85. The standard InChI is InChI=1S/C11H12FNO3/c1-2-15-11(14)9-8(16-7-3-4-7)5-6-13-10(9)12/h5-7H,2-4H2,1H3. The van der Waals surface area contributed by atoms with E-state index in [1.165, 1.54) is 12.3 Å². The molecule has 1 aromatic rings. The molecule has 1 saturated carbocycles. The lowest BCUT2D eigenvalue weighted by atomic mass is 10.2. The molecule has 0 aliphatic heterocycles. The van der Waals surface area contributed by atoms with Crippen molar-refractivity contribution in [3.8, 4) is 5.75 Å². The zero-order chi connectivity index (χ0) is 11.5. The van der Waals surface area contributed by atoms with Gasteiger partial charge in [-0.1, -0.05) is 0 Å². The number of pyridine rings is 1. The molecule has 1 aliphatic rings. The van der Waals surface area contributed by atoms with E-state index in [1.54, 1.807) is 6.92 Å². The number of hydrogen-bond acceptors (Lipinski definition) is 4. The second-order valence-electron chi connectivity index (χ2n) is 3.51. The highest BCUT2D eigenvalue weighted by molar-refractivity contribution is 5.92. The maximum absolute atomic E-state index is 13.4. The van der Waals surface area contributed by atoms with Gasteiger partial charge in [0.2, 0.25) is 5.95 Å². The molecule has 1 aliphatic carbocycles. The van der Waals surface area contributed by atoms with E-state index in [0.29, 0.717) is 0 Å². The van der Waals surface area contributed by atoms with Gasteiger partial charge in [-0.05, 0) is 25.8 Å². The minimum absolute atomic E-state index is 0.0926. The Morgan fingerprint density at radius 2 is 2.38 bits per heavy atom. The predicted molar refractivity (Wildman–Crippen MR) is 53.8 cm³/mol. The topological polar surface area (TPSA) is 48.4 Å². The lowest BCUT2D eigenvalue weighted by molar-refractivity contribution is 0.0514. The van der Waals surface area contributed by atoms with Crippen molar-refractivity contribution in [2.45, 2.75) is 25.9 Å². The SMILES string of the molecule is CCOC(=O)c1c(OC2CC2)ccnc1F.